The summed E-state index contributed by atoms with van der Waals surface area (Å²) in [5.41, 5.74) is 3.91. The van der Waals surface area contributed by atoms with Gasteiger partial charge in [-0.2, -0.15) is 19.4 Å². The molecule has 0 aliphatic carbocycles. The molecular weight excluding hydrogens is 381 g/mol. The molecule has 0 saturated carbocycles. The molecular formula is C18H22N2O3Y-2. The third-order valence-corrected chi connectivity index (χ3v) is 3.84. The third-order valence-electron chi connectivity index (χ3n) is 3.84. The number of hydrogen-bond donors (Lipinski definition) is 1. The van der Waals surface area contributed by atoms with Gasteiger partial charge in [0.1, 0.15) is 6.10 Å². The summed E-state index contributed by atoms with van der Waals surface area (Å²) >= 11 is 0. The van der Waals surface area contributed by atoms with Crippen molar-refractivity contribution >= 4 is 17.7 Å². The van der Waals surface area contributed by atoms with Gasteiger partial charge >= 0.3 is 6.09 Å². The van der Waals surface area contributed by atoms with E-state index in [1.165, 1.54) is 6.92 Å². The topological polar surface area (TPSA) is 58.6 Å². The Morgan fingerprint density at radius 2 is 2.17 bits per heavy atom. The van der Waals surface area contributed by atoms with Crippen LogP contribution in [0.5, 0.6) is 0 Å². The quantitative estimate of drug-likeness (QED) is 0.770. The molecule has 6 heteroatoms. The zero-order valence-electron chi connectivity index (χ0n) is 14.4. The van der Waals surface area contributed by atoms with Crippen LogP contribution in [-0.4, -0.2) is 31.2 Å². The summed E-state index contributed by atoms with van der Waals surface area (Å²) < 4.78 is 5.27. The molecule has 1 aromatic carbocycles. The van der Waals surface area contributed by atoms with Gasteiger partial charge in [-0.25, -0.2) is 4.79 Å². The van der Waals surface area contributed by atoms with Crippen LogP contribution in [0, 0.1) is 13.0 Å². The van der Waals surface area contributed by atoms with Crippen molar-refractivity contribution in [1.82, 2.24) is 5.32 Å². The van der Waals surface area contributed by atoms with E-state index in [9.17, 15) is 9.59 Å². The standard InChI is InChI=1S/C18H22N2O3.Y/c1-5-12(2)8-15-6-7-16(9-13(15)3)20-11-17(23-18(20)22)10-19-14(4)21;/h6-7,9,17H,3,8,10-11H2,1-2,4H3,(H,19,21);/q-2;/t17-;/m0./s1. The summed E-state index contributed by atoms with van der Waals surface area (Å²) in [7, 11) is 0. The van der Waals surface area contributed by atoms with E-state index in [1.54, 1.807) is 4.90 Å². The average molecular weight is 403 g/mol. The summed E-state index contributed by atoms with van der Waals surface area (Å²) in [6.45, 7) is 10.2. The third kappa shape index (κ3) is 5.35. The molecule has 1 fully saturated rings. The molecule has 1 aliphatic heterocycles. The number of nitrogens with one attached hydrogen (secondary N) is 1. The molecule has 24 heavy (non-hydrogen) atoms. The largest absolute Gasteiger partial charge is 0.501 e. The van der Waals surface area contributed by atoms with Crippen molar-refractivity contribution in [1.29, 1.82) is 0 Å². The first-order valence-electron chi connectivity index (χ1n) is 7.58. The number of carbonyl (C=O) groups is 2. The van der Waals surface area contributed by atoms with Crippen molar-refractivity contribution in [3.05, 3.63) is 47.9 Å². The van der Waals surface area contributed by atoms with Gasteiger partial charge in [-0.3, -0.25) is 15.3 Å². The van der Waals surface area contributed by atoms with Crippen molar-refractivity contribution < 1.29 is 47.0 Å². The smallest absolute Gasteiger partial charge is 0.413 e. The fourth-order valence-electron chi connectivity index (χ4n) is 2.42. The van der Waals surface area contributed by atoms with Gasteiger partial charge in [0, 0.05) is 39.6 Å². The first-order valence-corrected chi connectivity index (χ1v) is 7.58. The Labute approximate surface area is 168 Å². The molecule has 1 heterocycles. The Kier molecular flexibility index (Phi) is 7.97. The van der Waals surface area contributed by atoms with Crippen LogP contribution in [0.25, 0.3) is 0 Å². The number of cyclic esters (lactones) is 1. The first kappa shape index (κ1) is 20.7. The monoisotopic (exact) mass is 403 g/mol. The number of allylic oxidation sites excluding steroid dienone is 2. The second kappa shape index (κ2) is 9.23. The van der Waals surface area contributed by atoms with Crippen LogP contribution in [0.15, 0.2) is 23.8 Å². The van der Waals surface area contributed by atoms with E-state index >= 15 is 0 Å². The Balaban J connectivity index is 0.00000288. The second-order valence-corrected chi connectivity index (χ2v) is 5.71. The molecule has 1 aromatic rings. The predicted molar refractivity (Wildman–Crippen MR) is 89.0 cm³/mol. The fourth-order valence-corrected chi connectivity index (χ4v) is 2.42. The summed E-state index contributed by atoms with van der Waals surface area (Å²) in [5.74, 6) is -0.139. The Hall–Kier alpha value is -1.33. The zero-order valence-corrected chi connectivity index (χ0v) is 17.2. The fraction of sp³-hybridized carbons (Fsp3) is 0.389. The second-order valence-electron chi connectivity index (χ2n) is 5.71. The molecule has 1 aliphatic rings. The Morgan fingerprint density at radius 1 is 1.46 bits per heavy atom. The molecule has 1 atom stereocenters. The minimum atomic E-state index is -0.398. The molecule has 0 aromatic heterocycles. The molecule has 1 saturated heterocycles. The summed E-state index contributed by atoms with van der Waals surface area (Å²) in [6, 6.07) is 5.77. The molecule has 0 spiro atoms. The SMILES string of the molecule is [CH2-]c1cc(N2C[C@H](CNC(C)=O)OC2=O)ccc1CC(C)=[C-]C.[Y]. The molecule has 0 bridgehead atoms. The van der Waals surface area contributed by atoms with Gasteiger partial charge in [0.15, 0.2) is 0 Å². The van der Waals surface area contributed by atoms with Crippen LogP contribution >= 0.6 is 0 Å². The van der Waals surface area contributed by atoms with Gasteiger partial charge in [0.2, 0.25) is 5.91 Å². The van der Waals surface area contributed by atoms with Crippen molar-refractivity contribution in [2.75, 3.05) is 18.0 Å². The van der Waals surface area contributed by atoms with E-state index < -0.39 is 6.09 Å². The number of amides is 2. The maximum atomic E-state index is 12.0. The number of rotatable bonds is 5. The van der Waals surface area contributed by atoms with E-state index in [4.69, 9.17) is 4.74 Å². The number of ether oxygens (including phenoxy) is 1. The predicted octanol–water partition coefficient (Wildman–Crippen LogP) is 2.64. The Bertz CT molecular complexity index is 643. The molecule has 2 rings (SSSR count). The maximum Gasteiger partial charge on any atom is 0.413 e. The van der Waals surface area contributed by atoms with Gasteiger partial charge in [0.25, 0.3) is 0 Å². The molecule has 1 N–H and O–H groups in total. The minimum absolute atomic E-state index is 0. The number of anilines is 1. The van der Waals surface area contributed by atoms with Crippen molar-refractivity contribution in [3.8, 4) is 0 Å². The van der Waals surface area contributed by atoms with Gasteiger partial charge in [-0.05, 0) is 5.69 Å². The van der Waals surface area contributed by atoms with Crippen molar-refractivity contribution in [2.45, 2.75) is 33.3 Å². The van der Waals surface area contributed by atoms with Gasteiger partial charge in [-0.15, -0.1) is 17.7 Å². The van der Waals surface area contributed by atoms with Crippen molar-refractivity contribution in [2.24, 2.45) is 0 Å². The number of carbonyl (C=O) groups excluding carboxylic acids is 2. The van der Waals surface area contributed by atoms with Crippen LogP contribution in [-0.2, 0) is 48.7 Å². The van der Waals surface area contributed by atoms with E-state index in [0.29, 0.717) is 13.1 Å². The van der Waals surface area contributed by atoms with Crippen molar-refractivity contribution in [3.63, 3.8) is 0 Å². The summed E-state index contributed by atoms with van der Waals surface area (Å²) in [6.07, 6.45) is 3.18. The van der Waals surface area contributed by atoms with Gasteiger partial charge < -0.3 is 16.1 Å². The van der Waals surface area contributed by atoms with E-state index in [-0.39, 0.29) is 44.7 Å². The van der Waals surface area contributed by atoms with Crippen LogP contribution < -0.4 is 10.2 Å². The molecule has 0 unspecified atom stereocenters. The van der Waals surface area contributed by atoms with Gasteiger partial charge in [-0.1, -0.05) is 19.4 Å². The average Bonchev–Trinajstić information content (AvgIpc) is 2.88. The Morgan fingerprint density at radius 3 is 2.75 bits per heavy atom. The van der Waals surface area contributed by atoms with E-state index in [2.05, 4.69) is 18.3 Å². The normalized spacial score (nSPS) is 17.3. The summed E-state index contributed by atoms with van der Waals surface area (Å²) in [5, 5.41) is 2.66. The number of benzene rings is 1. The summed E-state index contributed by atoms with van der Waals surface area (Å²) in [4.78, 5) is 24.5. The minimum Gasteiger partial charge on any atom is -0.501 e. The van der Waals surface area contributed by atoms with Crippen LogP contribution in [0.3, 0.4) is 0 Å². The van der Waals surface area contributed by atoms with Crippen LogP contribution in [0.1, 0.15) is 31.9 Å². The van der Waals surface area contributed by atoms with E-state index in [1.807, 2.05) is 32.0 Å². The maximum absolute atomic E-state index is 12.0. The molecule has 5 nitrogen and oxygen atoms in total. The molecule has 2 amide bonds. The first-order chi connectivity index (χ1) is 10.9. The van der Waals surface area contributed by atoms with E-state index in [0.717, 1.165) is 28.8 Å². The van der Waals surface area contributed by atoms with Crippen LogP contribution in [0.2, 0.25) is 0 Å². The molecule has 1 radical (unpaired) electrons. The van der Waals surface area contributed by atoms with Gasteiger partial charge in [0.05, 0.1) is 13.1 Å². The zero-order chi connectivity index (χ0) is 17.0. The molecule has 127 valence electrons. The number of nitrogens with zero attached hydrogens (tertiary/aromatic N) is 1. The van der Waals surface area contributed by atoms with Crippen LogP contribution in [0.4, 0.5) is 10.5 Å². The number of hydrogen-bond acceptors (Lipinski definition) is 3.